The van der Waals surface area contributed by atoms with Crippen LogP contribution in [0.2, 0.25) is 19.6 Å². The highest BCUT2D eigenvalue weighted by atomic mass is 28.4. The number of amides is 1. The fourth-order valence-corrected chi connectivity index (χ4v) is 2.42. The second kappa shape index (κ2) is 10.3. The van der Waals surface area contributed by atoms with E-state index >= 15 is 0 Å². The van der Waals surface area contributed by atoms with Crippen molar-refractivity contribution in [2.45, 2.75) is 57.8 Å². The maximum atomic E-state index is 11.7. The normalized spacial score (nSPS) is 12.5. The van der Waals surface area contributed by atoms with Gasteiger partial charge in [0.1, 0.15) is 6.04 Å². The minimum atomic E-state index is -1.48. The summed E-state index contributed by atoms with van der Waals surface area (Å²) in [6.45, 7) is 7.05. The first-order valence-electron chi connectivity index (χ1n) is 7.38. The molecular formula is C14H27NO6Si. The van der Waals surface area contributed by atoms with Gasteiger partial charge in [0.15, 0.2) is 8.32 Å². The van der Waals surface area contributed by atoms with Gasteiger partial charge in [0, 0.05) is 13.0 Å². The van der Waals surface area contributed by atoms with Crippen LogP contribution in [0.1, 0.15) is 32.1 Å². The molecule has 0 unspecified atom stereocenters. The van der Waals surface area contributed by atoms with Crippen LogP contribution in [0, 0.1) is 0 Å². The third-order valence-corrected chi connectivity index (χ3v) is 3.89. The Morgan fingerprint density at radius 3 is 2.27 bits per heavy atom. The maximum absolute atomic E-state index is 11.7. The molecule has 0 spiro atoms. The van der Waals surface area contributed by atoms with Crippen molar-refractivity contribution in [3.05, 3.63) is 0 Å². The lowest BCUT2D eigenvalue weighted by Crippen LogP contribution is -2.42. The van der Waals surface area contributed by atoms with Crippen molar-refractivity contribution >= 4 is 26.2 Å². The Hall–Kier alpha value is -1.41. The van der Waals surface area contributed by atoms with E-state index in [0.29, 0.717) is 13.0 Å². The van der Waals surface area contributed by atoms with Crippen molar-refractivity contribution in [1.82, 2.24) is 5.32 Å². The van der Waals surface area contributed by atoms with Crippen LogP contribution in [-0.4, -0.2) is 51.0 Å². The molecule has 1 atom stereocenters. The van der Waals surface area contributed by atoms with Gasteiger partial charge in [-0.25, -0.2) is 4.79 Å². The summed E-state index contributed by atoms with van der Waals surface area (Å²) in [6.07, 6.45) is 2.24. The molecule has 1 amide bonds. The summed E-state index contributed by atoms with van der Waals surface area (Å²) in [5.74, 6) is -2.29. The Balaban J connectivity index is 3.91. The van der Waals surface area contributed by atoms with E-state index in [0.717, 1.165) is 12.8 Å². The number of carbonyl (C=O) groups is 3. The SMILES string of the molecule is COC(=O)C[C@H](NC(=O)CCCCCO[Si](C)(C)C)C(=O)O. The van der Waals surface area contributed by atoms with Gasteiger partial charge in [-0.15, -0.1) is 0 Å². The molecule has 0 rings (SSSR count). The highest BCUT2D eigenvalue weighted by molar-refractivity contribution is 6.69. The number of unbranched alkanes of at least 4 members (excludes halogenated alkanes) is 2. The predicted molar refractivity (Wildman–Crippen MR) is 84.0 cm³/mol. The summed E-state index contributed by atoms with van der Waals surface area (Å²) in [7, 11) is -0.309. The first kappa shape index (κ1) is 20.6. The van der Waals surface area contributed by atoms with Gasteiger partial charge >= 0.3 is 11.9 Å². The lowest BCUT2D eigenvalue weighted by Gasteiger charge is -2.16. The molecule has 0 aromatic carbocycles. The number of carboxylic acid groups (broad SMARTS) is 1. The topological polar surface area (TPSA) is 102 Å². The molecule has 0 saturated heterocycles. The highest BCUT2D eigenvalue weighted by Gasteiger charge is 2.23. The molecule has 0 aliphatic rings. The average molecular weight is 333 g/mol. The van der Waals surface area contributed by atoms with Crippen LogP contribution in [-0.2, 0) is 23.5 Å². The number of aliphatic carboxylic acids is 1. The molecule has 0 aliphatic heterocycles. The van der Waals surface area contributed by atoms with Crippen LogP contribution in [0.5, 0.6) is 0 Å². The molecule has 8 heteroatoms. The predicted octanol–water partition coefficient (Wildman–Crippen LogP) is 1.53. The number of hydrogen-bond donors (Lipinski definition) is 2. The molecule has 22 heavy (non-hydrogen) atoms. The number of rotatable bonds is 11. The van der Waals surface area contributed by atoms with Gasteiger partial charge in [-0.2, -0.15) is 0 Å². The number of methoxy groups -OCH3 is 1. The lowest BCUT2D eigenvalue weighted by atomic mass is 10.1. The standard InChI is InChI=1S/C14H27NO6Si/c1-20-13(17)10-11(14(18)19)15-12(16)8-6-5-7-9-21-22(2,3)4/h11H,5-10H2,1-4H3,(H,15,16)(H,18,19)/t11-/m0/s1. The molecule has 0 bridgehead atoms. The summed E-state index contributed by atoms with van der Waals surface area (Å²) in [5.41, 5.74) is 0. The molecule has 0 heterocycles. The average Bonchev–Trinajstić information content (AvgIpc) is 2.40. The highest BCUT2D eigenvalue weighted by Crippen LogP contribution is 2.06. The number of carbonyl (C=O) groups excluding carboxylic acids is 2. The summed E-state index contributed by atoms with van der Waals surface area (Å²) >= 11 is 0. The van der Waals surface area contributed by atoms with Crippen LogP contribution in [0.3, 0.4) is 0 Å². The number of carboxylic acids is 1. The number of nitrogens with one attached hydrogen (secondary N) is 1. The first-order valence-corrected chi connectivity index (χ1v) is 10.8. The van der Waals surface area contributed by atoms with Crippen LogP contribution >= 0.6 is 0 Å². The van der Waals surface area contributed by atoms with Crippen molar-refractivity contribution in [3.63, 3.8) is 0 Å². The summed E-state index contributed by atoms with van der Waals surface area (Å²) < 4.78 is 10.1. The third kappa shape index (κ3) is 11.3. The minimum absolute atomic E-state index is 0.234. The first-order chi connectivity index (χ1) is 10.2. The molecule has 0 radical (unpaired) electrons. The largest absolute Gasteiger partial charge is 0.480 e. The molecule has 0 aliphatic carbocycles. The van der Waals surface area contributed by atoms with E-state index in [-0.39, 0.29) is 18.7 Å². The van der Waals surface area contributed by atoms with E-state index in [1.165, 1.54) is 7.11 Å². The van der Waals surface area contributed by atoms with E-state index in [2.05, 4.69) is 29.7 Å². The van der Waals surface area contributed by atoms with E-state index in [9.17, 15) is 14.4 Å². The van der Waals surface area contributed by atoms with E-state index < -0.39 is 26.3 Å². The molecule has 128 valence electrons. The van der Waals surface area contributed by atoms with Gasteiger partial charge < -0.3 is 19.6 Å². The van der Waals surface area contributed by atoms with Crippen LogP contribution < -0.4 is 5.32 Å². The number of hydrogen-bond acceptors (Lipinski definition) is 5. The van der Waals surface area contributed by atoms with E-state index in [1.807, 2.05) is 0 Å². The van der Waals surface area contributed by atoms with Gasteiger partial charge in [-0.05, 0) is 32.5 Å². The van der Waals surface area contributed by atoms with Crippen LogP contribution in [0.25, 0.3) is 0 Å². The van der Waals surface area contributed by atoms with Crippen LogP contribution in [0.15, 0.2) is 0 Å². The van der Waals surface area contributed by atoms with Crippen molar-refractivity contribution in [2.75, 3.05) is 13.7 Å². The molecule has 0 fully saturated rings. The zero-order chi connectivity index (χ0) is 17.2. The molecule has 2 N–H and O–H groups in total. The second-order valence-electron chi connectivity index (χ2n) is 6.01. The lowest BCUT2D eigenvalue weighted by molar-refractivity contribution is -0.148. The molecule has 0 aromatic rings. The monoisotopic (exact) mass is 333 g/mol. The van der Waals surface area contributed by atoms with E-state index in [1.54, 1.807) is 0 Å². The Morgan fingerprint density at radius 2 is 1.77 bits per heavy atom. The Kier molecular flexibility index (Phi) is 9.67. The fraction of sp³-hybridized carbons (Fsp3) is 0.786. The Morgan fingerprint density at radius 1 is 1.14 bits per heavy atom. The fourth-order valence-electron chi connectivity index (χ4n) is 1.66. The minimum Gasteiger partial charge on any atom is -0.480 e. The van der Waals surface area contributed by atoms with E-state index in [4.69, 9.17) is 9.53 Å². The summed E-state index contributed by atoms with van der Waals surface area (Å²) in [5, 5.41) is 11.3. The molecular weight excluding hydrogens is 306 g/mol. The Bertz CT molecular complexity index is 380. The summed E-state index contributed by atoms with van der Waals surface area (Å²) in [4.78, 5) is 33.7. The van der Waals surface area contributed by atoms with Gasteiger partial charge in [-0.3, -0.25) is 9.59 Å². The van der Waals surface area contributed by atoms with Crippen molar-refractivity contribution < 1.29 is 28.7 Å². The van der Waals surface area contributed by atoms with Gasteiger partial charge in [0.2, 0.25) is 5.91 Å². The summed E-state index contributed by atoms with van der Waals surface area (Å²) in [6, 6.07) is -1.24. The Labute approximate surface area is 132 Å². The number of esters is 1. The molecule has 7 nitrogen and oxygen atoms in total. The van der Waals surface area contributed by atoms with Gasteiger partial charge in [0.25, 0.3) is 0 Å². The molecule has 0 aromatic heterocycles. The van der Waals surface area contributed by atoms with Crippen molar-refractivity contribution in [2.24, 2.45) is 0 Å². The number of ether oxygens (including phenoxy) is 1. The van der Waals surface area contributed by atoms with Crippen molar-refractivity contribution in [1.29, 1.82) is 0 Å². The zero-order valence-electron chi connectivity index (χ0n) is 13.8. The zero-order valence-corrected chi connectivity index (χ0v) is 14.8. The van der Waals surface area contributed by atoms with Crippen molar-refractivity contribution in [3.8, 4) is 0 Å². The smallest absolute Gasteiger partial charge is 0.326 e. The quantitative estimate of drug-likeness (QED) is 0.338. The van der Waals surface area contributed by atoms with Crippen LogP contribution in [0.4, 0.5) is 0 Å². The second-order valence-corrected chi connectivity index (χ2v) is 10.5. The maximum Gasteiger partial charge on any atom is 0.326 e. The van der Waals surface area contributed by atoms with Gasteiger partial charge in [-0.1, -0.05) is 6.42 Å². The third-order valence-electron chi connectivity index (χ3n) is 2.82. The molecule has 0 saturated carbocycles. The van der Waals surface area contributed by atoms with Gasteiger partial charge in [0.05, 0.1) is 13.5 Å².